The van der Waals surface area contributed by atoms with Crippen LogP contribution in [0.1, 0.15) is 13.8 Å². The van der Waals surface area contributed by atoms with Crippen molar-refractivity contribution in [2.45, 2.75) is 24.3 Å². The van der Waals surface area contributed by atoms with Gasteiger partial charge in [0.15, 0.2) is 0 Å². The highest BCUT2D eigenvalue weighted by Crippen LogP contribution is 2.22. The first-order valence-corrected chi connectivity index (χ1v) is 6.72. The van der Waals surface area contributed by atoms with Crippen LogP contribution in [-0.2, 0) is 4.79 Å². The van der Waals surface area contributed by atoms with Crippen molar-refractivity contribution in [1.29, 1.82) is 0 Å². The molecule has 1 aromatic rings. The first-order chi connectivity index (χ1) is 8.40. The van der Waals surface area contributed by atoms with Crippen LogP contribution in [0.3, 0.4) is 0 Å². The van der Waals surface area contributed by atoms with E-state index in [1.165, 1.54) is 11.8 Å². The van der Waals surface area contributed by atoms with Gasteiger partial charge < -0.3 is 15.8 Å². The highest BCUT2D eigenvalue weighted by atomic mass is 32.2. The molecule has 0 radical (unpaired) electrons. The van der Waals surface area contributed by atoms with E-state index in [2.05, 4.69) is 5.32 Å². The summed E-state index contributed by atoms with van der Waals surface area (Å²) < 4.78 is 5.12. The maximum atomic E-state index is 11.6. The maximum Gasteiger partial charge on any atom is 0.230 e. The van der Waals surface area contributed by atoms with E-state index in [1.807, 2.05) is 38.1 Å². The normalized spacial score (nSPS) is 11.1. The van der Waals surface area contributed by atoms with Gasteiger partial charge in [0, 0.05) is 17.0 Å². The number of ether oxygens (including phenoxy) is 1. The Morgan fingerprint density at radius 1 is 1.50 bits per heavy atom. The molecule has 0 saturated heterocycles. The Labute approximate surface area is 112 Å². The number of carbonyl (C=O) groups excluding carboxylic acids is 1. The molecule has 0 spiro atoms. The van der Waals surface area contributed by atoms with Crippen LogP contribution in [0.2, 0.25) is 0 Å². The van der Waals surface area contributed by atoms with Crippen molar-refractivity contribution in [3.63, 3.8) is 0 Å². The van der Waals surface area contributed by atoms with Gasteiger partial charge in [0.1, 0.15) is 5.75 Å². The Hall–Kier alpha value is -1.20. The molecule has 0 bridgehead atoms. The topological polar surface area (TPSA) is 64.3 Å². The summed E-state index contributed by atoms with van der Waals surface area (Å²) in [6, 6.07) is 7.64. The van der Waals surface area contributed by atoms with Crippen LogP contribution >= 0.6 is 11.8 Å². The van der Waals surface area contributed by atoms with Crippen molar-refractivity contribution in [2.75, 3.05) is 19.4 Å². The zero-order chi connectivity index (χ0) is 13.6. The lowest BCUT2D eigenvalue weighted by Gasteiger charge is -2.18. The van der Waals surface area contributed by atoms with Gasteiger partial charge in [0.25, 0.3) is 0 Å². The summed E-state index contributed by atoms with van der Waals surface area (Å²) in [5.41, 5.74) is 5.41. The lowest BCUT2D eigenvalue weighted by atomic mass is 10.1. The molecule has 18 heavy (non-hydrogen) atoms. The molecule has 0 aliphatic rings. The van der Waals surface area contributed by atoms with E-state index >= 15 is 0 Å². The van der Waals surface area contributed by atoms with E-state index in [-0.39, 0.29) is 11.4 Å². The number of benzene rings is 1. The minimum absolute atomic E-state index is 0.0126. The molecule has 5 heteroatoms. The number of hydrogen-bond donors (Lipinski definition) is 2. The summed E-state index contributed by atoms with van der Waals surface area (Å²) in [6.07, 6.45) is 0. The second-order valence-electron chi connectivity index (χ2n) is 4.73. The number of rotatable bonds is 6. The first kappa shape index (κ1) is 14.9. The van der Waals surface area contributed by atoms with Gasteiger partial charge >= 0.3 is 0 Å². The largest absolute Gasteiger partial charge is 0.497 e. The monoisotopic (exact) mass is 268 g/mol. The van der Waals surface area contributed by atoms with Gasteiger partial charge in [-0.15, -0.1) is 11.8 Å². The van der Waals surface area contributed by atoms with Gasteiger partial charge in [-0.25, -0.2) is 0 Å². The number of methoxy groups -OCH3 is 1. The molecule has 0 unspecified atom stereocenters. The Morgan fingerprint density at radius 2 is 2.22 bits per heavy atom. The van der Waals surface area contributed by atoms with Crippen molar-refractivity contribution in [3.05, 3.63) is 24.3 Å². The van der Waals surface area contributed by atoms with E-state index in [0.717, 1.165) is 10.6 Å². The smallest absolute Gasteiger partial charge is 0.230 e. The molecular formula is C13H20N2O2S. The van der Waals surface area contributed by atoms with Gasteiger partial charge in [-0.05, 0) is 32.0 Å². The fourth-order valence-electron chi connectivity index (χ4n) is 1.22. The van der Waals surface area contributed by atoms with Gasteiger partial charge in [-0.1, -0.05) is 6.07 Å². The summed E-state index contributed by atoms with van der Waals surface area (Å²) in [5, 5.41) is 2.81. The van der Waals surface area contributed by atoms with Crippen LogP contribution in [0, 0.1) is 0 Å². The number of nitrogens with one attached hydrogen (secondary N) is 1. The molecule has 0 fully saturated rings. The molecular weight excluding hydrogens is 248 g/mol. The van der Waals surface area contributed by atoms with Crippen LogP contribution in [0.25, 0.3) is 0 Å². The molecule has 0 saturated carbocycles. The molecule has 0 aliphatic heterocycles. The third kappa shape index (κ3) is 5.93. The van der Waals surface area contributed by atoms with Crippen LogP contribution in [0.4, 0.5) is 0 Å². The SMILES string of the molecule is COc1cccc(SCC(=O)NCC(C)(C)N)c1. The highest BCUT2D eigenvalue weighted by molar-refractivity contribution is 8.00. The molecule has 0 aliphatic carbocycles. The molecule has 4 nitrogen and oxygen atoms in total. The fraction of sp³-hybridized carbons (Fsp3) is 0.462. The van der Waals surface area contributed by atoms with Crippen molar-refractivity contribution in [1.82, 2.24) is 5.32 Å². The van der Waals surface area contributed by atoms with Crippen molar-refractivity contribution in [3.8, 4) is 5.75 Å². The number of thioether (sulfide) groups is 1. The van der Waals surface area contributed by atoms with Crippen molar-refractivity contribution in [2.24, 2.45) is 5.73 Å². The Balaban J connectivity index is 2.38. The lowest BCUT2D eigenvalue weighted by Crippen LogP contribution is -2.45. The van der Waals surface area contributed by atoms with Crippen LogP contribution < -0.4 is 15.8 Å². The van der Waals surface area contributed by atoms with E-state index in [9.17, 15) is 4.79 Å². The van der Waals surface area contributed by atoms with E-state index < -0.39 is 0 Å². The van der Waals surface area contributed by atoms with E-state index in [4.69, 9.17) is 10.5 Å². The Morgan fingerprint density at radius 3 is 2.83 bits per heavy atom. The summed E-state index contributed by atoms with van der Waals surface area (Å²) in [4.78, 5) is 12.6. The summed E-state index contributed by atoms with van der Waals surface area (Å²) in [6.45, 7) is 4.23. The molecule has 0 atom stereocenters. The molecule has 100 valence electrons. The zero-order valence-electron chi connectivity index (χ0n) is 11.0. The number of carbonyl (C=O) groups is 1. The van der Waals surface area contributed by atoms with E-state index in [0.29, 0.717) is 12.3 Å². The fourth-order valence-corrected chi connectivity index (χ4v) is 1.99. The van der Waals surface area contributed by atoms with Gasteiger partial charge in [0.2, 0.25) is 5.91 Å². The Kier molecular flexibility index (Phi) is 5.50. The highest BCUT2D eigenvalue weighted by Gasteiger charge is 2.12. The molecule has 1 amide bonds. The zero-order valence-corrected chi connectivity index (χ0v) is 11.8. The summed E-state index contributed by atoms with van der Waals surface area (Å²) in [7, 11) is 1.62. The summed E-state index contributed by atoms with van der Waals surface area (Å²) >= 11 is 1.48. The van der Waals surface area contributed by atoms with Crippen LogP contribution in [-0.4, -0.2) is 30.9 Å². The first-order valence-electron chi connectivity index (χ1n) is 5.73. The average Bonchev–Trinajstić information content (AvgIpc) is 2.33. The predicted octanol–water partition coefficient (Wildman–Crippen LogP) is 1.64. The Bertz CT molecular complexity index is 402. The van der Waals surface area contributed by atoms with Crippen LogP contribution in [0.5, 0.6) is 5.75 Å². The number of hydrogen-bond acceptors (Lipinski definition) is 4. The number of amides is 1. The minimum atomic E-state index is -0.379. The predicted molar refractivity (Wildman–Crippen MR) is 75.0 cm³/mol. The van der Waals surface area contributed by atoms with Crippen LogP contribution in [0.15, 0.2) is 29.2 Å². The summed E-state index contributed by atoms with van der Waals surface area (Å²) in [5.74, 6) is 1.16. The molecule has 1 aromatic carbocycles. The average molecular weight is 268 g/mol. The van der Waals surface area contributed by atoms with Crippen molar-refractivity contribution >= 4 is 17.7 Å². The third-order valence-electron chi connectivity index (χ3n) is 2.15. The molecule has 0 heterocycles. The maximum absolute atomic E-state index is 11.6. The standard InChI is InChI=1S/C13H20N2O2S/c1-13(2,14)9-15-12(16)8-18-11-6-4-5-10(7-11)17-3/h4-7H,8-9,14H2,1-3H3,(H,15,16). The van der Waals surface area contributed by atoms with E-state index in [1.54, 1.807) is 7.11 Å². The van der Waals surface area contributed by atoms with Gasteiger partial charge in [0.05, 0.1) is 12.9 Å². The van der Waals surface area contributed by atoms with Crippen molar-refractivity contribution < 1.29 is 9.53 Å². The quantitative estimate of drug-likeness (QED) is 0.770. The molecule has 3 N–H and O–H groups in total. The number of nitrogens with two attached hydrogens (primary N) is 1. The molecule has 1 rings (SSSR count). The second-order valence-corrected chi connectivity index (χ2v) is 5.78. The minimum Gasteiger partial charge on any atom is -0.497 e. The second kappa shape index (κ2) is 6.66. The van der Waals surface area contributed by atoms with Gasteiger partial charge in [-0.3, -0.25) is 4.79 Å². The van der Waals surface area contributed by atoms with Gasteiger partial charge in [-0.2, -0.15) is 0 Å². The lowest BCUT2D eigenvalue weighted by molar-refractivity contribution is -0.118. The molecule has 0 aromatic heterocycles. The third-order valence-corrected chi connectivity index (χ3v) is 3.15.